The topological polar surface area (TPSA) is 32.8 Å². The van der Waals surface area contributed by atoms with Crippen LogP contribution < -0.4 is 0 Å². The Labute approximate surface area is 43.1 Å². The third kappa shape index (κ3) is 0.924. The van der Waals surface area contributed by atoms with Crippen molar-refractivity contribution in [2.24, 2.45) is 0 Å². The second kappa shape index (κ2) is 1.46. The van der Waals surface area contributed by atoms with E-state index >= 15 is 0 Å². The number of ether oxygens (including phenoxy) is 1. The van der Waals surface area contributed by atoms with Crippen LogP contribution in [0.5, 0.6) is 0 Å². The molecule has 0 aromatic heterocycles. The standard InChI is InChI=1S/C5H10O2/c1-3(6)5-4(2)7-5/h3-6H,1-2H3/t3-,4+,5-/m1/s1. The monoisotopic (exact) mass is 102 g/mol. The lowest BCUT2D eigenvalue weighted by molar-refractivity contribution is 0.152. The predicted octanol–water partition coefficient (Wildman–Crippen LogP) is 0.154. The van der Waals surface area contributed by atoms with Gasteiger partial charge in [-0.2, -0.15) is 0 Å². The predicted molar refractivity (Wildman–Crippen MR) is 26.0 cm³/mol. The number of hydrogen-bond acceptors (Lipinski definition) is 2. The van der Waals surface area contributed by atoms with E-state index in [-0.39, 0.29) is 12.2 Å². The highest BCUT2D eigenvalue weighted by Crippen LogP contribution is 2.23. The molecule has 0 saturated carbocycles. The van der Waals surface area contributed by atoms with Crippen LogP contribution in [-0.4, -0.2) is 23.4 Å². The molecule has 2 nitrogen and oxygen atoms in total. The molecule has 0 spiro atoms. The summed E-state index contributed by atoms with van der Waals surface area (Å²) in [6, 6.07) is 0. The first-order chi connectivity index (χ1) is 3.22. The minimum Gasteiger partial charge on any atom is -0.391 e. The van der Waals surface area contributed by atoms with Gasteiger partial charge in [0, 0.05) is 0 Å². The molecule has 0 amide bonds. The minimum atomic E-state index is -0.282. The Morgan fingerprint density at radius 2 is 2.14 bits per heavy atom. The highest BCUT2D eigenvalue weighted by Gasteiger charge is 2.37. The lowest BCUT2D eigenvalue weighted by Gasteiger charge is -1.92. The van der Waals surface area contributed by atoms with Crippen LogP contribution in [0.4, 0.5) is 0 Å². The van der Waals surface area contributed by atoms with Crippen molar-refractivity contribution in [3.63, 3.8) is 0 Å². The highest BCUT2D eigenvalue weighted by molar-refractivity contribution is 4.84. The van der Waals surface area contributed by atoms with Crippen LogP contribution in [0.25, 0.3) is 0 Å². The van der Waals surface area contributed by atoms with Gasteiger partial charge in [0.05, 0.1) is 12.2 Å². The number of hydrogen-bond donors (Lipinski definition) is 1. The molecule has 1 fully saturated rings. The molecule has 0 aromatic carbocycles. The van der Waals surface area contributed by atoms with Crippen molar-refractivity contribution in [3.8, 4) is 0 Å². The zero-order valence-corrected chi connectivity index (χ0v) is 4.59. The van der Waals surface area contributed by atoms with Gasteiger partial charge in [-0.15, -0.1) is 0 Å². The molecule has 0 aromatic rings. The molecular weight excluding hydrogens is 92.1 g/mol. The summed E-state index contributed by atoms with van der Waals surface area (Å²) in [7, 11) is 0. The molecule has 0 bridgehead atoms. The van der Waals surface area contributed by atoms with Crippen LogP contribution in [-0.2, 0) is 4.74 Å². The fraction of sp³-hybridized carbons (Fsp3) is 1.00. The Hall–Kier alpha value is -0.0800. The molecule has 7 heavy (non-hydrogen) atoms. The van der Waals surface area contributed by atoms with Crippen molar-refractivity contribution in [1.82, 2.24) is 0 Å². The first-order valence-corrected chi connectivity index (χ1v) is 2.55. The summed E-state index contributed by atoms with van der Waals surface area (Å²) in [6.45, 7) is 3.70. The van der Waals surface area contributed by atoms with Gasteiger partial charge in [0.1, 0.15) is 6.10 Å². The second-order valence-corrected chi connectivity index (χ2v) is 2.05. The molecule has 2 heteroatoms. The van der Waals surface area contributed by atoms with Gasteiger partial charge in [-0.3, -0.25) is 0 Å². The van der Waals surface area contributed by atoms with E-state index in [1.807, 2.05) is 6.92 Å². The second-order valence-electron chi connectivity index (χ2n) is 2.05. The van der Waals surface area contributed by atoms with Crippen LogP contribution in [0.2, 0.25) is 0 Å². The molecule has 1 aliphatic heterocycles. The molecule has 1 rings (SSSR count). The van der Waals surface area contributed by atoms with E-state index in [4.69, 9.17) is 9.84 Å². The van der Waals surface area contributed by atoms with E-state index < -0.39 is 0 Å². The van der Waals surface area contributed by atoms with Crippen molar-refractivity contribution in [2.75, 3.05) is 0 Å². The Morgan fingerprint density at radius 1 is 1.71 bits per heavy atom. The maximum absolute atomic E-state index is 8.74. The molecule has 1 N–H and O–H groups in total. The fourth-order valence-corrected chi connectivity index (χ4v) is 0.708. The Balaban J connectivity index is 2.20. The summed E-state index contributed by atoms with van der Waals surface area (Å²) in [6.07, 6.45) is 0.134. The lowest BCUT2D eigenvalue weighted by Crippen LogP contribution is -2.09. The molecule has 0 radical (unpaired) electrons. The molecule has 0 aliphatic carbocycles. The van der Waals surface area contributed by atoms with Crippen LogP contribution in [0, 0.1) is 0 Å². The summed E-state index contributed by atoms with van der Waals surface area (Å²) in [5.74, 6) is 0. The average molecular weight is 102 g/mol. The Kier molecular flexibility index (Phi) is 1.05. The largest absolute Gasteiger partial charge is 0.391 e. The maximum Gasteiger partial charge on any atom is 0.109 e. The van der Waals surface area contributed by atoms with Crippen molar-refractivity contribution < 1.29 is 9.84 Å². The van der Waals surface area contributed by atoms with Crippen molar-refractivity contribution >= 4 is 0 Å². The SMILES string of the molecule is C[C@@H]1O[C@@H]1[C@@H](C)O. The van der Waals surface area contributed by atoms with Gasteiger partial charge in [-0.25, -0.2) is 0 Å². The summed E-state index contributed by atoms with van der Waals surface area (Å²) < 4.78 is 4.93. The van der Waals surface area contributed by atoms with Gasteiger partial charge in [0.25, 0.3) is 0 Å². The van der Waals surface area contributed by atoms with Gasteiger partial charge >= 0.3 is 0 Å². The summed E-state index contributed by atoms with van der Waals surface area (Å²) in [5, 5.41) is 8.74. The van der Waals surface area contributed by atoms with Crippen molar-refractivity contribution in [1.29, 1.82) is 0 Å². The van der Waals surface area contributed by atoms with E-state index in [0.717, 1.165) is 0 Å². The van der Waals surface area contributed by atoms with Gasteiger partial charge in [-0.1, -0.05) is 0 Å². The highest BCUT2D eigenvalue weighted by atomic mass is 16.6. The van der Waals surface area contributed by atoms with E-state index in [9.17, 15) is 0 Å². The third-order valence-electron chi connectivity index (χ3n) is 1.23. The van der Waals surface area contributed by atoms with Crippen LogP contribution in [0.1, 0.15) is 13.8 Å². The van der Waals surface area contributed by atoms with Crippen molar-refractivity contribution in [3.05, 3.63) is 0 Å². The number of aliphatic hydroxyl groups excluding tert-OH is 1. The molecule has 1 saturated heterocycles. The molecule has 3 atom stereocenters. The molecule has 1 aliphatic rings. The average Bonchev–Trinajstić information content (AvgIpc) is 2.17. The summed E-state index contributed by atoms with van der Waals surface area (Å²) in [4.78, 5) is 0. The number of aliphatic hydroxyl groups is 1. The molecule has 42 valence electrons. The number of epoxide rings is 1. The Bertz CT molecular complexity index is 70.5. The van der Waals surface area contributed by atoms with E-state index in [2.05, 4.69) is 0 Å². The number of rotatable bonds is 1. The van der Waals surface area contributed by atoms with Gasteiger partial charge < -0.3 is 9.84 Å². The summed E-state index contributed by atoms with van der Waals surface area (Å²) >= 11 is 0. The fourth-order valence-electron chi connectivity index (χ4n) is 0.708. The minimum absolute atomic E-state index is 0.125. The Morgan fingerprint density at radius 3 is 2.14 bits per heavy atom. The first kappa shape index (κ1) is 5.06. The van der Waals surface area contributed by atoms with Crippen LogP contribution in [0.15, 0.2) is 0 Å². The first-order valence-electron chi connectivity index (χ1n) is 2.55. The van der Waals surface area contributed by atoms with E-state index in [1.54, 1.807) is 6.92 Å². The third-order valence-corrected chi connectivity index (χ3v) is 1.23. The maximum atomic E-state index is 8.74. The summed E-state index contributed by atoms with van der Waals surface area (Å²) in [5.41, 5.74) is 0. The lowest BCUT2D eigenvalue weighted by atomic mass is 10.2. The zero-order valence-electron chi connectivity index (χ0n) is 4.59. The van der Waals surface area contributed by atoms with Crippen molar-refractivity contribution in [2.45, 2.75) is 32.2 Å². The quantitative estimate of drug-likeness (QED) is 0.478. The van der Waals surface area contributed by atoms with E-state index in [1.165, 1.54) is 0 Å². The molecule has 1 heterocycles. The van der Waals surface area contributed by atoms with Gasteiger partial charge in [0.15, 0.2) is 0 Å². The normalized spacial score (nSPS) is 43.3. The molecule has 0 unspecified atom stereocenters. The van der Waals surface area contributed by atoms with Crippen LogP contribution in [0.3, 0.4) is 0 Å². The molecular formula is C5H10O2. The van der Waals surface area contributed by atoms with E-state index in [0.29, 0.717) is 6.10 Å². The van der Waals surface area contributed by atoms with Gasteiger partial charge in [0.2, 0.25) is 0 Å². The zero-order chi connectivity index (χ0) is 5.44. The van der Waals surface area contributed by atoms with Crippen LogP contribution >= 0.6 is 0 Å². The smallest absolute Gasteiger partial charge is 0.109 e. The van der Waals surface area contributed by atoms with Gasteiger partial charge in [-0.05, 0) is 13.8 Å².